The summed E-state index contributed by atoms with van der Waals surface area (Å²) in [4.78, 5) is 13.6. The molecule has 0 N–H and O–H groups in total. The maximum Gasteiger partial charge on any atom is 0.223 e. The summed E-state index contributed by atoms with van der Waals surface area (Å²) in [7, 11) is 1.02. The van der Waals surface area contributed by atoms with E-state index in [0.29, 0.717) is 34.8 Å². The molecule has 0 aliphatic heterocycles. The van der Waals surface area contributed by atoms with Crippen LogP contribution < -0.4 is 9.47 Å². The van der Waals surface area contributed by atoms with Crippen molar-refractivity contribution in [3.8, 4) is 22.9 Å². The fraction of sp³-hybridized carbons (Fsp3) is 0.484. The number of methoxy groups -OCH3 is 2. The lowest BCUT2D eigenvalue weighted by molar-refractivity contribution is -0.0270. The maximum absolute atomic E-state index is 16.4. The number of ether oxygens (including phenoxy) is 4. The van der Waals surface area contributed by atoms with Gasteiger partial charge in [0.1, 0.15) is 36.1 Å². The minimum Gasteiger partial charge on any atom is -0.497 e. The Morgan fingerprint density at radius 1 is 1.14 bits per heavy atom. The van der Waals surface area contributed by atoms with Gasteiger partial charge in [-0.15, -0.1) is 11.8 Å². The average Bonchev–Trinajstić information content (AvgIpc) is 3.42. The Hall–Kier alpha value is -3.10. The molecule has 0 aliphatic carbocycles. The fourth-order valence-corrected chi connectivity index (χ4v) is 5.27. The summed E-state index contributed by atoms with van der Waals surface area (Å²) in [5.74, 6) is 0.764. The molecular weight excluding hydrogens is 604 g/mol. The lowest BCUT2D eigenvalue weighted by atomic mass is 10.1. The molecule has 44 heavy (non-hydrogen) atoms. The summed E-state index contributed by atoms with van der Waals surface area (Å²) in [6.07, 6.45) is 1.42. The van der Waals surface area contributed by atoms with E-state index in [0.717, 1.165) is 5.56 Å². The lowest BCUT2D eigenvalue weighted by Gasteiger charge is -2.36. The summed E-state index contributed by atoms with van der Waals surface area (Å²) >= 11 is 1.31. The Morgan fingerprint density at radius 3 is 2.41 bits per heavy atom. The second-order valence-corrected chi connectivity index (χ2v) is 17.1. The number of benzene rings is 2. The highest BCUT2D eigenvalue weighted by atomic mass is 32.2. The molecule has 0 spiro atoms. The minimum absolute atomic E-state index is 0.00405. The first-order valence-electron chi connectivity index (χ1n) is 14.1. The number of halogens is 1. The Labute approximate surface area is 264 Å². The van der Waals surface area contributed by atoms with Crippen molar-refractivity contribution in [2.24, 2.45) is 9.98 Å². The van der Waals surface area contributed by atoms with Crippen LogP contribution in [-0.2, 0) is 13.9 Å². The third kappa shape index (κ3) is 9.45. The monoisotopic (exact) mass is 646 g/mol. The van der Waals surface area contributed by atoms with Gasteiger partial charge in [0.2, 0.25) is 11.7 Å². The number of hydrogen-bond donors (Lipinski definition) is 0. The van der Waals surface area contributed by atoms with Crippen molar-refractivity contribution < 1.29 is 32.3 Å². The first-order valence-corrected chi connectivity index (χ1v) is 18.3. The molecule has 10 nitrogen and oxygen atoms in total. The SMILES string of the molecule is COCOCN=C(SC)C(=Nc1ccc(-c2noc(C)n2)cc1)c1cc(OC)cc(O[C@@H](C)CO[Si](C)(C)C(C)(C)C)c1F. The van der Waals surface area contributed by atoms with Crippen LogP contribution in [0.1, 0.15) is 39.1 Å². The van der Waals surface area contributed by atoms with E-state index in [2.05, 4.69) is 49.0 Å². The number of aromatic nitrogens is 2. The smallest absolute Gasteiger partial charge is 0.223 e. The van der Waals surface area contributed by atoms with Crippen LogP contribution in [0, 0.1) is 12.7 Å². The highest BCUT2D eigenvalue weighted by Gasteiger charge is 2.37. The fourth-order valence-electron chi connectivity index (χ4n) is 3.66. The largest absolute Gasteiger partial charge is 0.497 e. The number of thioether (sulfide) groups is 1. The molecule has 0 amide bonds. The van der Waals surface area contributed by atoms with E-state index >= 15 is 4.39 Å². The number of aryl methyl sites for hydroxylation is 1. The molecular formula is C31H43FN4O6SSi. The van der Waals surface area contributed by atoms with Crippen LogP contribution in [0.4, 0.5) is 10.1 Å². The molecule has 0 unspecified atom stereocenters. The van der Waals surface area contributed by atoms with E-state index in [-0.39, 0.29) is 35.6 Å². The van der Waals surface area contributed by atoms with Crippen molar-refractivity contribution in [1.82, 2.24) is 10.1 Å². The molecule has 3 rings (SSSR count). The van der Waals surface area contributed by atoms with Crippen LogP contribution in [0.25, 0.3) is 11.4 Å². The summed E-state index contributed by atoms with van der Waals surface area (Å²) in [5.41, 5.74) is 1.76. The number of nitrogens with zero attached hydrogens (tertiary/aromatic N) is 4. The Balaban J connectivity index is 2.04. The first kappa shape index (κ1) is 35.4. The van der Waals surface area contributed by atoms with Gasteiger partial charge in [-0.1, -0.05) is 25.9 Å². The van der Waals surface area contributed by atoms with Gasteiger partial charge >= 0.3 is 0 Å². The number of aliphatic imine (C=N–C) groups is 2. The second-order valence-electron chi connectivity index (χ2n) is 11.5. The Bertz CT molecular complexity index is 1440. The molecule has 0 fully saturated rings. The van der Waals surface area contributed by atoms with Gasteiger partial charge in [0.15, 0.2) is 19.9 Å². The van der Waals surface area contributed by atoms with Crippen molar-refractivity contribution in [3.05, 3.63) is 53.7 Å². The summed E-state index contributed by atoms with van der Waals surface area (Å²) in [6.45, 7) is 14.8. The third-order valence-corrected chi connectivity index (χ3v) is 12.3. The molecule has 0 bridgehead atoms. The van der Waals surface area contributed by atoms with Gasteiger partial charge in [-0.05, 0) is 61.6 Å². The van der Waals surface area contributed by atoms with Gasteiger partial charge in [-0.3, -0.25) is 0 Å². The van der Waals surface area contributed by atoms with E-state index in [1.165, 1.54) is 32.0 Å². The molecule has 0 radical (unpaired) electrons. The minimum atomic E-state index is -2.02. The summed E-state index contributed by atoms with van der Waals surface area (Å²) < 4.78 is 49.8. The first-order chi connectivity index (χ1) is 20.8. The van der Waals surface area contributed by atoms with Crippen molar-refractivity contribution in [2.45, 2.75) is 58.9 Å². The zero-order valence-electron chi connectivity index (χ0n) is 27.2. The molecule has 1 aromatic heterocycles. The summed E-state index contributed by atoms with van der Waals surface area (Å²) in [6, 6.07) is 10.3. The van der Waals surface area contributed by atoms with Crippen molar-refractivity contribution in [2.75, 3.05) is 40.6 Å². The lowest BCUT2D eigenvalue weighted by Crippen LogP contribution is -2.43. The topological polar surface area (TPSA) is 110 Å². The number of rotatable bonds is 14. The molecule has 1 heterocycles. The maximum atomic E-state index is 16.4. The summed E-state index contributed by atoms with van der Waals surface area (Å²) in [5, 5.41) is 4.45. The molecule has 1 atom stereocenters. The second kappa shape index (κ2) is 15.8. The third-order valence-electron chi connectivity index (χ3n) is 7.11. The van der Waals surface area contributed by atoms with Gasteiger partial charge in [0, 0.05) is 31.2 Å². The van der Waals surface area contributed by atoms with Crippen molar-refractivity contribution in [3.63, 3.8) is 0 Å². The predicted octanol–water partition coefficient (Wildman–Crippen LogP) is 7.44. The Kier molecular flexibility index (Phi) is 12.7. The van der Waals surface area contributed by atoms with Crippen molar-refractivity contribution >= 4 is 36.5 Å². The molecule has 3 aromatic rings. The predicted molar refractivity (Wildman–Crippen MR) is 176 cm³/mol. The van der Waals surface area contributed by atoms with Crippen LogP contribution in [0.5, 0.6) is 11.5 Å². The average molecular weight is 647 g/mol. The van der Waals surface area contributed by atoms with Crippen molar-refractivity contribution in [1.29, 1.82) is 0 Å². The van der Waals surface area contributed by atoms with E-state index in [4.69, 9.17) is 32.9 Å². The Morgan fingerprint density at radius 2 is 1.84 bits per heavy atom. The van der Waals surface area contributed by atoms with E-state index in [1.807, 2.05) is 25.3 Å². The van der Waals surface area contributed by atoms with Gasteiger partial charge in [0.05, 0.1) is 19.4 Å². The van der Waals surface area contributed by atoms with Crippen LogP contribution in [0.15, 0.2) is 50.9 Å². The molecule has 0 aliphatic rings. The van der Waals surface area contributed by atoms with Gasteiger partial charge in [-0.2, -0.15) is 4.98 Å². The standard InChI is InChI=1S/C31H43FN4O6SSi/c1-20(17-40-44(9,10)31(3,4)5)41-26-16-24(38-7)15-25(27(26)32)28(30(43-8)33-18-39-19-37-6)35-23-13-11-22(12-14-23)29-34-21(2)42-36-29/h11-16,20H,17-19H2,1-10H3/t20-/m0/s1. The molecule has 2 aromatic carbocycles. The molecule has 0 saturated carbocycles. The van der Waals surface area contributed by atoms with Crippen LogP contribution >= 0.6 is 11.8 Å². The van der Waals surface area contributed by atoms with E-state index in [9.17, 15) is 0 Å². The van der Waals surface area contributed by atoms with Crippen LogP contribution in [-0.4, -0.2) is 75.9 Å². The highest BCUT2D eigenvalue weighted by molar-refractivity contribution is 8.15. The van der Waals surface area contributed by atoms with Gasteiger partial charge in [-0.25, -0.2) is 14.4 Å². The van der Waals surface area contributed by atoms with Gasteiger partial charge in [0.25, 0.3) is 0 Å². The van der Waals surface area contributed by atoms with Crippen LogP contribution in [0.2, 0.25) is 18.1 Å². The molecule has 240 valence electrons. The zero-order valence-corrected chi connectivity index (χ0v) is 29.0. The van der Waals surface area contributed by atoms with Crippen LogP contribution in [0.3, 0.4) is 0 Å². The van der Waals surface area contributed by atoms with E-state index < -0.39 is 20.2 Å². The molecule has 13 heteroatoms. The number of hydrogen-bond acceptors (Lipinski definition) is 11. The highest BCUT2D eigenvalue weighted by Crippen LogP contribution is 2.37. The normalized spacial score (nSPS) is 13.7. The zero-order chi connectivity index (χ0) is 32.5. The molecule has 0 saturated heterocycles. The van der Waals surface area contributed by atoms with E-state index in [1.54, 1.807) is 25.1 Å². The quantitative estimate of drug-likeness (QED) is 0.0580. The van der Waals surface area contributed by atoms with Gasteiger partial charge < -0.3 is 27.9 Å².